The van der Waals surface area contributed by atoms with Gasteiger partial charge in [0.15, 0.2) is 0 Å². The average Bonchev–Trinajstić information content (AvgIpc) is 2.32. The lowest BCUT2D eigenvalue weighted by atomic mass is 10.0. The molecule has 0 radical (unpaired) electrons. The lowest BCUT2D eigenvalue weighted by Gasteiger charge is -2.38. The first kappa shape index (κ1) is 15.3. The molecule has 1 aliphatic heterocycles. The number of nitrogens with zero attached hydrogens (tertiary/aromatic N) is 1. The van der Waals surface area contributed by atoms with Crippen LogP contribution in [-0.4, -0.2) is 53.6 Å². The number of hydrogen-bond donors (Lipinski definition) is 2. The molecule has 4 nitrogen and oxygen atoms in total. The summed E-state index contributed by atoms with van der Waals surface area (Å²) in [7, 11) is 0. The summed E-state index contributed by atoms with van der Waals surface area (Å²) in [6, 6.07) is -0.583. The standard InChI is InChI=1S/C12H22F2N2O2/c1-3-4-6-15-11(18)9(2)16-7-5-10(17)12(13,14)8-16/h9-10,17H,3-8H2,1-2H3,(H,15,18). The summed E-state index contributed by atoms with van der Waals surface area (Å²) in [5.74, 6) is -3.36. The molecule has 1 aliphatic rings. The molecule has 2 unspecified atom stereocenters. The molecule has 1 fully saturated rings. The van der Waals surface area contributed by atoms with Gasteiger partial charge in [-0.3, -0.25) is 9.69 Å². The number of likely N-dealkylation sites (tertiary alicyclic amines) is 1. The van der Waals surface area contributed by atoms with E-state index in [-0.39, 0.29) is 12.3 Å². The number of amides is 1. The van der Waals surface area contributed by atoms with Crippen LogP contribution >= 0.6 is 0 Å². The molecule has 1 saturated heterocycles. The van der Waals surface area contributed by atoms with Crippen LogP contribution in [0.5, 0.6) is 0 Å². The van der Waals surface area contributed by atoms with Gasteiger partial charge in [-0.2, -0.15) is 0 Å². The van der Waals surface area contributed by atoms with Crippen LogP contribution in [0.2, 0.25) is 0 Å². The molecular formula is C12H22F2N2O2. The third kappa shape index (κ3) is 3.88. The van der Waals surface area contributed by atoms with Crippen molar-refractivity contribution in [3.8, 4) is 0 Å². The van der Waals surface area contributed by atoms with Gasteiger partial charge in [-0.15, -0.1) is 0 Å². The summed E-state index contributed by atoms with van der Waals surface area (Å²) >= 11 is 0. The van der Waals surface area contributed by atoms with Crippen molar-refractivity contribution in [1.29, 1.82) is 0 Å². The van der Waals surface area contributed by atoms with E-state index in [2.05, 4.69) is 5.32 Å². The van der Waals surface area contributed by atoms with E-state index in [1.165, 1.54) is 4.90 Å². The van der Waals surface area contributed by atoms with Crippen molar-refractivity contribution in [3.05, 3.63) is 0 Å². The Balaban J connectivity index is 2.46. The predicted molar refractivity (Wildman–Crippen MR) is 64.5 cm³/mol. The molecule has 0 bridgehead atoms. The molecule has 2 N–H and O–H groups in total. The second kappa shape index (κ2) is 6.43. The highest BCUT2D eigenvalue weighted by Crippen LogP contribution is 2.28. The fraction of sp³-hybridized carbons (Fsp3) is 0.917. The highest BCUT2D eigenvalue weighted by molar-refractivity contribution is 5.81. The maximum absolute atomic E-state index is 13.4. The maximum Gasteiger partial charge on any atom is 0.285 e. The number of carbonyl (C=O) groups excluding carboxylic acids is 1. The Hall–Kier alpha value is -0.750. The molecule has 18 heavy (non-hydrogen) atoms. The molecule has 1 heterocycles. The van der Waals surface area contributed by atoms with E-state index in [0.29, 0.717) is 13.1 Å². The summed E-state index contributed by atoms with van der Waals surface area (Å²) in [5.41, 5.74) is 0. The number of hydrogen-bond acceptors (Lipinski definition) is 3. The number of unbranched alkanes of at least 4 members (excludes halogenated alkanes) is 1. The van der Waals surface area contributed by atoms with Crippen LogP contribution in [0.3, 0.4) is 0 Å². The van der Waals surface area contributed by atoms with E-state index < -0.39 is 24.6 Å². The van der Waals surface area contributed by atoms with Crippen LogP contribution in [0, 0.1) is 0 Å². The Labute approximate surface area is 106 Å². The minimum absolute atomic E-state index is 0.000417. The van der Waals surface area contributed by atoms with E-state index in [1.54, 1.807) is 6.92 Å². The van der Waals surface area contributed by atoms with Gasteiger partial charge in [0.1, 0.15) is 6.10 Å². The van der Waals surface area contributed by atoms with Gasteiger partial charge in [0.2, 0.25) is 5.91 Å². The second-order valence-electron chi connectivity index (χ2n) is 4.86. The topological polar surface area (TPSA) is 52.6 Å². The highest BCUT2D eigenvalue weighted by atomic mass is 19.3. The first-order valence-electron chi connectivity index (χ1n) is 6.46. The van der Waals surface area contributed by atoms with Crippen LogP contribution < -0.4 is 5.32 Å². The number of carbonyl (C=O) groups is 1. The fourth-order valence-corrected chi connectivity index (χ4v) is 1.99. The number of rotatable bonds is 5. The molecule has 0 saturated carbocycles. The Morgan fingerprint density at radius 1 is 1.61 bits per heavy atom. The van der Waals surface area contributed by atoms with Crippen molar-refractivity contribution < 1.29 is 18.7 Å². The first-order chi connectivity index (χ1) is 8.38. The van der Waals surface area contributed by atoms with Crippen LogP contribution in [0.1, 0.15) is 33.1 Å². The molecule has 2 atom stereocenters. The maximum atomic E-state index is 13.4. The molecule has 106 valence electrons. The van der Waals surface area contributed by atoms with Crippen molar-refractivity contribution in [2.24, 2.45) is 0 Å². The molecule has 0 aromatic heterocycles. The fourth-order valence-electron chi connectivity index (χ4n) is 1.99. The Morgan fingerprint density at radius 2 is 2.28 bits per heavy atom. The van der Waals surface area contributed by atoms with Gasteiger partial charge in [0, 0.05) is 13.1 Å². The van der Waals surface area contributed by atoms with Crippen LogP contribution in [-0.2, 0) is 4.79 Å². The highest BCUT2D eigenvalue weighted by Gasteiger charge is 2.45. The third-order valence-electron chi connectivity index (χ3n) is 3.35. The lowest BCUT2D eigenvalue weighted by Crippen LogP contribution is -2.57. The average molecular weight is 264 g/mol. The molecular weight excluding hydrogens is 242 g/mol. The second-order valence-corrected chi connectivity index (χ2v) is 4.86. The number of aliphatic hydroxyl groups excluding tert-OH is 1. The van der Waals surface area contributed by atoms with E-state index in [4.69, 9.17) is 0 Å². The monoisotopic (exact) mass is 264 g/mol. The van der Waals surface area contributed by atoms with Crippen molar-refractivity contribution in [2.45, 2.75) is 51.2 Å². The van der Waals surface area contributed by atoms with Gasteiger partial charge in [-0.1, -0.05) is 13.3 Å². The number of halogens is 2. The third-order valence-corrected chi connectivity index (χ3v) is 3.35. The molecule has 6 heteroatoms. The van der Waals surface area contributed by atoms with Gasteiger partial charge in [-0.25, -0.2) is 8.78 Å². The molecule has 0 aromatic rings. The molecule has 1 rings (SSSR count). The van der Waals surface area contributed by atoms with Crippen LogP contribution in [0.4, 0.5) is 8.78 Å². The number of nitrogens with one attached hydrogen (secondary N) is 1. The Bertz CT molecular complexity index is 287. The smallest absolute Gasteiger partial charge is 0.285 e. The molecule has 0 aliphatic carbocycles. The van der Waals surface area contributed by atoms with Crippen molar-refractivity contribution in [3.63, 3.8) is 0 Å². The molecule has 0 aromatic carbocycles. The van der Waals surface area contributed by atoms with Crippen molar-refractivity contribution in [1.82, 2.24) is 10.2 Å². The van der Waals surface area contributed by atoms with E-state index >= 15 is 0 Å². The van der Waals surface area contributed by atoms with Gasteiger partial charge >= 0.3 is 0 Å². The summed E-state index contributed by atoms with van der Waals surface area (Å²) in [4.78, 5) is 13.2. The zero-order chi connectivity index (χ0) is 13.8. The lowest BCUT2D eigenvalue weighted by molar-refractivity contribution is -0.159. The minimum Gasteiger partial charge on any atom is -0.387 e. The SMILES string of the molecule is CCCCNC(=O)C(C)N1CCC(O)C(F)(F)C1. The number of piperidine rings is 1. The number of alkyl halides is 2. The van der Waals surface area contributed by atoms with E-state index in [1.807, 2.05) is 6.92 Å². The van der Waals surface area contributed by atoms with Gasteiger partial charge in [0.25, 0.3) is 5.92 Å². The summed E-state index contributed by atoms with van der Waals surface area (Å²) in [6.45, 7) is 3.97. The molecule has 1 amide bonds. The van der Waals surface area contributed by atoms with Crippen LogP contribution in [0.25, 0.3) is 0 Å². The largest absolute Gasteiger partial charge is 0.387 e. The minimum atomic E-state index is -3.13. The predicted octanol–water partition coefficient (Wildman–Crippen LogP) is 0.993. The Morgan fingerprint density at radius 3 is 2.83 bits per heavy atom. The quantitative estimate of drug-likeness (QED) is 0.728. The van der Waals surface area contributed by atoms with Crippen molar-refractivity contribution in [2.75, 3.05) is 19.6 Å². The zero-order valence-electron chi connectivity index (χ0n) is 11.0. The van der Waals surface area contributed by atoms with E-state index in [9.17, 15) is 18.7 Å². The number of aliphatic hydroxyl groups is 1. The van der Waals surface area contributed by atoms with Crippen molar-refractivity contribution >= 4 is 5.91 Å². The van der Waals surface area contributed by atoms with Crippen LogP contribution in [0.15, 0.2) is 0 Å². The zero-order valence-corrected chi connectivity index (χ0v) is 11.0. The first-order valence-corrected chi connectivity index (χ1v) is 6.46. The normalized spacial score (nSPS) is 25.7. The molecule has 0 spiro atoms. The van der Waals surface area contributed by atoms with Gasteiger partial charge < -0.3 is 10.4 Å². The summed E-state index contributed by atoms with van der Waals surface area (Å²) in [6.07, 6.45) is 0.263. The van der Waals surface area contributed by atoms with Gasteiger partial charge in [0.05, 0.1) is 12.6 Å². The van der Waals surface area contributed by atoms with E-state index in [0.717, 1.165) is 12.8 Å². The summed E-state index contributed by atoms with van der Waals surface area (Å²) < 4.78 is 26.7. The van der Waals surface area contributed by atoms with Gasteiger partial charge in [-0.05, 0) is 19.8 Å². The Kier molecular flexibility index (Phi) is 5.47. The summed E-state index contributed by atoms with van der Waals surface area (Å²) in [5, 5.41) is 11.9.